The molecule has 0 aliphatic heterocycles. The number of carbonyl (C=O) groups excluding carboxylic acids is 1. The Labute approximate surface area is 247 Å². The number of carbonyl (C=O) groups is 1. The Morgan fingerprint density at radius 1 is 0.905 bits per heavy atom. The van der Waals surface area contributed by atoms with Gasteiger partial charge in [-0.25, -0.2) is 4.98 Å². The van der Waals surface area contributed by atoms with Crippen LogP contribution in [0, 0.1) is 0 Å². The van der Waals surface area contributed by atoms with E-state index in [1.807, 2.05) is 42.5 Å². The van der Waals surface area contributed by atoms with Crippen LogP contribution in [0.15, 0.2) is 67.3 Å². The maximum atomic E-state index is 12.9. The number of hydrogen-bond acceptors (Lipinski definition) is 7. The average Bonchev–Trinajstić information content (AvgIpc) is 3.38. The van der Waals surface area contributed by atoms with Crippen LogP contribution in [0.25, 0.3) is 11.0 Å². The lowest BCUT2D eigenvalue weighted by Gasteiger charge is -2.14. The largest absolute Gasteiger partial charge is 0.493 e. The van der Waals surface area contributed by atoms with Gasteiger partial charge in [-0.05, 0) is 61.2 Å². The Balaban J connectivity index is 1.35. The van der Waals surface area contributed by atoms with E-state index < -0.39 is 0 Å². The van der Waals surface area contributed by atoms with Crippen LogP contribution in [0.5, 0.6) is 28.7 Å². The molecule has 1 N–H and O–H groups in total. The van der Waals surface area contributed by atoms with E-state index in [1.165, 1.54) is 21.3 Å². The number of nitrogens with one attached hydrogen (secondary N) is 1. The molecule has 0 saturated heterocycles. The Morgan fingerprint density at radius 2 is 1.64 bits per heavy atom. The molecule has 0 aliphatic carbocycles. The maximum Gasteiger partial charge on any atom is 0.251 e. The van der Waals surface area contributed by atoms with Crippen molar-refractivity contribution >= 4 is 16.9 Å². The second kappa shape index (κ2) is 14.8. The molecular weight excluding hydrogens is 534 g/mol. The minimum atomic E-state index is -0.215. The molecule has 9 nitrogen and oxygen atoms in total. The molecule has 3 aromatic carbocycles. The number of allylic oxidation sites excluding steroid dienone is 1. The van der Waals surface area contributed by atoms with Gasteiger partial charge in [0.05, 0.1) is 46.1 Å². The van der Waals surface area contributed by atoms with Crippen LogP contribution in [0.2, 0.25) is 0 Å². The molecule has 4 rings (SSSR count). The van der Waals surface area contributed by atoms with E-state index in [0.29, 0.717) is 42.4 Å². The number of aromatic nitrogens is 2. The highest BCUT2D eigenvalue weighted by molar-refractivity contribution is 5.95. The number of amides is 1. The highest BCUT2D eigenvalue weighted by Crippen LogP contribution is 2.38. The number of ether oxygens (including phenoxy) is 5. The molecule has 0 atom stereocenters. The lowest BCUT2D eigenvalue weighted by atomic mass is 10.1. The molecule has 0 bridgehead atoms. The van der Waals surface area contributed by atoms with Crippen molar-refractivity contribution in [1.29, 1.82) is 0 Å². The normalized spacial score (nSPS) is 10.8. The van der Waals surface area contributed by atoms with Crippen molar-refractivity contribution < 1.29 is 28.5 Å². The van der Waals surface area contributed by atoms with Gasteiger partial charge in [-0.2, -0.15) is 0 Å². The molecule has 0 aliphatic rings. The molecule has 0 unspecified atom stereocenters. The fourth-order valence-corrected chi connectivity index (χ4v) is 4.86. The quantitative estimate of drug-likeness (QED) is 0.137. The molecule has 42 heavy (non-hydrogen) atoms. The molecule has 1 amide bonds. The topological polar surface area (TPSA) is 93.1 Å². The third-order valence-electron chi connectivity index (χ3n) is 6.91. The molecule has 0 fully saturated rings. The first kappa shape index (κ1) is 30.3. The number of para-hydroxylation sites is 2. The predicted octanol–water partition coefficient (Wildman–Crippen LogP) is 5.63. The van der Waals surface area contributed by atoms with Gasteiger partial charge >= 0.3 is 0 Å². The van der Waals surface area contributed by atoms with Gasteiger partial charge in [0.25, 0.3) is 5.91 Å². The molecule has 0 radical (unpaired) electrons. The Kier molecular flexibility index (Phi) is 10.7. The summed E-state index contributed by atoms with van der Waals surface area (Å²) in [7, 11) is 6.23. The van der Waals surface area contributed by atoms with E-state index in [4.69, 9.17) is 28.7 Å². The van der Waals surface area contributed by atoms with Crippen LogP contribution in [0.1, 0.15) is 34.6 Å². The first-order valence-electron chi connectivity index (χ1n) is 14.0. The average molecular weight is 574 g/mol. The summed E-state index contributed by atoms with van der Waals surface area (Å²) in [4.78, 5) is 17.8. The summed E-state index contributed by atoms with van der Waals surface area (Å²) in [5.74, 6) is 3.52. The molecule has 1 heterocycles. The van der Waals surface area contributed by atoms with Crippen LogP contribution in [0.3, 0.4) is 0 Å². The summed E-state index contributed by atoms with van der Waals surface area (Å²) in [6.07, 6.45) is 4.88. The minimum Gasteiger partial charge on any atom is -0.493 e. The summed E-state index contributed by atoms with van der Waals surface area (Å²) in [6.45, 7) is 5.58. The van der Waals surface area contributed by atoms with Crippen molar-refractivity contribution in [2.75, 3.05) is 41.6 Å². The molecule has 0 spiro atoms. The van der Waals surface area contributed by atoms with E-state index in [1.54, 1.807) is 19.2 Å². The summed E-state index contributed by atoms with van der Waals surface area (Å²) in [5.41, 5.74) is 3.60. The number of imidazole rings is 1. The van der Waals surface area contributed by atoms with Gasteiger partial charge in [-0.15, -0.1) is 6.58 Å². The molecule has 1 aromatic heterocycles. The van der Waals surface area contributed by atoms with Crippen molar-refractivity contribution in [1.82, 2.24) is 14.9 Å². The second-order valence-electron chi connectivity index (χ2n) is 9.62. The zero-order valence-corrected chi connectivity index (χ0v) is 24.8. The Bertz CT molecular complexity index is 1490. The lowest BCUT2D eigenvalue weighted by molar-refractivity contribution is 0.0952. The summed E-state index contributed by atoms with van der Waals surface area (Å²) < 4.78 is 29.9. The SMILES string of the molecule is C=CCc1ccc(OCCCn2c(CCCNC(=O)c3cc(OC)c(OC)c(OC)c3)nc3ccccc32)c(OC)c1. The third-order valence-corrected chi connectivity index (χ3v) is 6.91. The van der Waals surface area contributed by atoms with Gasteiger partial charge in [0, 0.05) is 25.1 Å². The zero-order chi connectivity index (χ0) is 29.9. The van der Waals surface area contributed by atoms with Gasteiger partial charge < -0.3 is 33.6 Å². The number of fused-ring (bicyclic) bond motifs is 1. The fraction of sp³-hybridized carbons (Fsp3) is 0.333. The minimum absolute atomic E-state index is 0.215. The first-order valence-corrected chi connectivity index (χ1v) is 14.0. The Morgan fingerprint density at radius 3 is 2.33 bits per heavy atom. The van der Waals surface area contributed by atoms with E-state index in [9.17, 15) is 4.79 Å². The van der Waals surface area contributed by atoms with Crippen molar-refractivity contribution in [2.45, 2.75) is 32.2 Å². The van der Waals surface area contributed by atoms with E-state index in [2.05, 4.69) is 22.5 Å². The standard InChI is InChI=1S/C33H39N3O6/c1-6-11-23-15-16-27(28(20-23)38-2)42-19-10-18-36-26-13-8-7-12-25(26)35-31(36)14-9-17-34-33(37)24-21-29(39-3)32(41-5)30(22-24)40-4/h6-8,12-13,15-16,20-22H,1,9-11,14,17-19H2,2-5H3,(H,34,37). The van der Waals surface area contributed by atoms with Gasteiger partial charge in [0.1, 0.15) is 5.82 Å². The monoisotopic (exact) mass is 573 g/mol. The van der Waals surface area contributed by atoms with Gasteiger partial charge in [0.15, 0.2) is 23.0 Å². The van der Waals surface area contributed by atoms with E-state index in [0.717, 1.165) is 59.7 Å². The van der Waals surface area contributed by atoms with Gasteiger partial charge in [0.2, 0.25) is 5.75 Å². The van der Waals surface area contributed by atoms with Gasteiger partial charge in [-0.1, -0.05) is 24.3 Å². The molecule has 222 valence electrons. The van der Waals surface area contributed by atoms with Crippen molar-refractivity contribution in [2.24, 2.45) is 0 Å². The van der Waals surface area contributed by atoms with Crippen LogP contribution in [-0.2, 0) is 19.4 Å². The van der Waals surface area contributed by atoms with Crippen LogP contribution < -0.4 is 29.0 Å². The summed E-state index contributed by atoms with van der Waals surface area (Å²) in [5, 5.41) is 2.99. The second-order valence-corrected chi connectivity index (χ2v) is 9.62. The van der Waals surface area contributed by atoms with Crippen LogP contribution in [-0.4, -0.2) is 57.0 Å². The smallest absolute Gasteiger partial charge is 0.251 e. The lowest BCUT2D eigenvalue weighted by Crippen LogP contribution is -2.25. The Hall–Kier alpha value is -4.66. The predicted molar refractivity (Wildman–Crippen MR) is 163 cm³/mol. The molecule has 9 heteroatoms. The van der Waals surface area contributed by atoms with Gasteiger partial charge in [-0.3, -0.25) is 4.79 Å². The van der Waals surface area contributed by atoms with E-state index in [-0.39, 0.29) is 5.91 Å². The number of nitrogens with zero attached hydrogens (tertiary/aromatic N) is 2. The molecular formula is C33H39N3O6. The first-order chi connectivity index (χ1) is 20.5. The third kappa shape index (κ3) is 7.15. The molecule has 0 saturated carbocycles. The summed E-state index contributed by atoms with van der Waals surface area (Å²) >= 11 is 0. The fourth-order valence-electron chi connectivity index (χ4n) is 4.86. The highest BCUT2D eigenvalue weighted by Gasteiger charge is 2.17. The highest BCUT2D eigenvalue weighted by atomic mass is 16.5. The number of benzene rings is 3. The number of aryl methyl sites for hydroxylation is 2. The summed E-state index contributed by atoms with van der Waals surface area (Å²) in [6, 6.07) is 17.4. The van der Waals surface area contributed by atoms with Crippen LogP contribution in [0.4, 0.5) is 0 Å². The van der Waals surface area contributed by atoms with Crippen molar-refractivity contribution in [3.05, 3.63) is 84.2 Å². The van der Waals surface area contributed by atoms with Crippen molar-refractivity contribution in [3.63, 3.8) is 0 Å². The van der Waals surface area contributed by atoms with Crippen LogP contribution >= 0.6 is 0 Å². The zero-order valence-electron chi connectivity index (χ0n) is 24.8. The number of rotatable bonds is 16. The number of hydrogen-bond donors (Lipinski definition) is 1. The van der Waals surface area contributed by atoms with E-state index >= 15 is 0 Å². The molecule has 4 aromatic rings. The number of methoxy groups -OCH3 is 4. The van der Waals surface area contributed by atoms with Crippen molar-refractivity contribution in [3.8, 4) is 28.7 Å². The maximum absolute atomic E-state index is 12.9.